The van der Waals surface area contributed by atoms with Crippen molar-refractivity contribution in [1.29, 1.82) is 0 Å². The monoisotopic (exact) mass is 376 g/mol. The zero-order valence-corrected chi connectivity index (χ0v) is 16.4. The molecule has 1 aromatic rings. The van der Waals surface area contributed by atoms with Gasteiger partial charge in [0.05, 0.1) is 0 Å². The molecule has 0 aromatic heterocycles. The topological polar surface area (TPSA) is 0 Å². The summed E-state index contributed by atoms with van der Waals surface area (Å²) in [6.07, 6.45) is 16.2. The minimum absolute atomic E-state index is 0.820. The van der Waals surface area contributed by atoms with Crippen LogP contribution in [0.5, 0.6) is 0 Å². The fourth-order valence-electron chi connectivity index (χ4n) is 5.10. The van der Waals surface area contributed by atoms with E-state index in [4.69, 9.17) is 0 Å². The quantitative estimate of drug-likeness (QED) is 0.493. The first-order valence-electron chi connectivity index (χ1n) is 10.0. The Morgan fingerprint density at radius 2 is 1.39 bits per heavy atom. The Kier molecular flexibility index (Phi) is 6.62. The molecular formula is C22H33Br. The molecule has 2 fully saturated rings. The molecule has 2 saturated carbocycles. The molecule has 3 rings (SSSR count). The average molecular weight is 377 g/mol. The summed E-state index contributed by atoms with van der Waals surface area (Å²) in [4.78, 5) is 0. The molecule has 0 aliphatic heterocycles. The second kappa shape index (κ2) is 8.70. The van der Waals surface area contributed by atoms with Crippen LogP contribution in [0, 0.1) is 17.8 Å². The molecule has 128 valence electrons. The SMILES string of the molecule is CCCCC1CCC(C2CCC(c3ccc(Br)cc3)CC2)CC1. The van der Waals surface area contributed by atoms with Crippen LogP contribution in [0.25, 0.3) is 0 Å². The van der Waals surface area contributed by atoms with E-state index in [0.29, 0.717) is 0 Å². The van der Waals surface area contributed by atoms with Crippen LogP contribution in [0.15, 0.2) is 28.7 Å². The van der Waals surface area contributed by atoms with Gasteiger partial charge in [0.1, 0.15) is 0 Å². The Balaban J connectivity index is 1.43. The van der Waals surface area contributed by atoms with Crippen LogP contribution >= 0.6 is 15.9 Å². The van der Waals surface area contributed by atoms with Crippen LogP contribution < -0.4 is 0 Å². The number of rotatable bonds is 5. The van der Waals surface area contributed by atoms with E-state index in [1.54, 1.807) is 5.56 Å². The molecule has 0 radical (unpaired) electrons. The first kappa shape index (κ1) is 17.5. The highest BCUT2D eigenvalue weighted by atomic mass is 79.9. The van der Waals surface area contributed by atoms with Crippen LogP contribution in [0.4, 0.5) is 0 Å². The third kappa shape index (κ3) is 4.84. The highest BCUT2D eigenvalue weighted by molar-refractivity contribution is 9.10. The van der Waals surface area contributed by atoms with Gasteiger partial charge in [-0.3, -0.25) is 0 Å². The second-order valence-corrected chi connectivity index (χ2v) is 9.00. The van der Waals surface area contributed by atoms with Crippen molar-refractivity contribution in [3.8, 4) is 0 Å². The van der Waals surface area contributed by atoms with Gasteiger partial charge < -0.3 is 0 Å². The van der Waals surface area contributed by atoms with E-state index >= 15 is 0 Å². The van der Waals surface area contributed by atoms with Crippen LogP contribution in [0.3, 0.4) is 0 Å². The largest absolute Gasteiger partial charge is 0.0654 e. The molecule has 23 heavy (non-hydrogen) atoms. The van der Waals surface area contributed by atoms with Gasteiger partial charge in [0.25, 0.3) is 0 Å². The molecule has 1 aromatic carbocycles. The Labute approximate surface area is 151 Å². The second-order valence-electron chi connectivity index (χ2n) is 8.09. The zero-order chi connectivity index (χ0) is 16.1. The zero-order valence-electron chi connectivity index (χ0n) is 14.8. The summed E-state index contributed by atoms with van der Waals surface area (Å²) in [5, 5.41) is 0. The summed E-state index contributed by atoms with van der Waals surface area (Å²) >= 11 is 3.55. The lowest BCUT2D eigenvalue weighted by Gasteiger charge is -2.38. The molecule has 0 nitrogen and oxygen atoms in total. The summed E-state index contributed by atoms with van der Waals surface area (Å²) in [6.45, 7) is 2.33. The van der Waals surface area contributed by atoms with E-state index in [0.717, 1.165) is 23.7 Å². The summed E-state index contributed by atoms with van der Waals surface area (Å²) < 4.78 is 1.20. The van der Waals surface area contributed by atoms with Gasteiger partial charge in [-0.15, -0.1) is 0 Å². The van der Waals surface area contributed by atoms with Crippen LogP contribution in [0.2, 0.25) is 0 Å². The number of hydrogen-bond acceptors (Lipinski definition) is 0. The van der Waals surface area contributed by atoms with Gasteiger partial charge >= 0.3 is 0 Å². The first-order chi connectivity index (χ1) is 11.3. The van der Waals surface area contributed by atoms with Crippen molar-refractivity contribution in [3.05, 3.63) is 34.3 Å². The van der Waals surface area contributed by atoms with Gasteiger partial charge in [0, 0.05) is 4.47 Å². The van der Waals surface area contributed by atoms with Gasteiger partial charge in [0.2, 0.25) is 0 Å². The molecule has 0 bridgehead atoms. The molecule has 0 atom stereocenters. The number of benzene rings is 1. The van der Waals surface area contributed by atoms with Crippen molar-refractivity contribution < 1.29 is 0 Å². The minimum atomic E-state index is 0.820. The smallest absolute Gasteiger partial charge is 0.0175 e. The lowest BCUT2D eigenvalue weighted by Crippen LogP contribution is -2.25. The average Bonchev–Trinajstić information content (AvgIpc) is 2.61. The molecule has 2 aliphatic rings. The van der Waals surface area contributed by atoms with E-state index < -0.39 is 0 Å². The molecule has 0 unspecified atom stereocenters. The Morgan fingerprint density at radius 3 is 1.96 bits per heavy atom. The first-order valence-corrected chi connectivity index (χ1v) is 10.8. The van der Waals surface area contributed by atoms with E-state index in [2.05, 4.69) is 47.1 Å². The molecule has 0 spiro atoms. The highest BCUT2D eigenvalue weighted by Gasteiger charge is 2.31. The van der Waals surface area contributed by atoms with Crippen molar-refractivity contribution in [1.82, 2.24) is 0 Å². The van der Waals surface area contributed by atoms with Crippen molar-refractivity contribution in [3.63, 3.8) is 0 Å². The number of halogens is 1. The van der Waals surface area contributed by atoms with E-state index in [-0.39, 0.29) is 0 Å². The fraction of sp³-hybridized carbons (Fsp3) is 0.727. The maximum absolute atomic E-state index is 3.55. The summed E-state index contributed by atoms with van der Waals surface area (Å²) in [6, 6.07) is 9.07. The van der Waals surface area contributed by atoms with Gasteiger partial charge in [-0.1, -0.05) is 67.1 Å². The van der Waals surface area contributed by atoms with Crippen LogP contribution in [-0.4, -0.2) is 0 Å². The van der Waals surface area contributed by atoms with E-state index in [1.165, 1.54) is 75.1 Å². The number of unbranched alkanes of at least 4 members (excludes halogenated alkanes) is 1. The van der Waals surface area contributed by atoms with Crippen molar-refractivity contribution in [2.45, 2.75) is 83.5 Å². The maximum Gasteiger partial charge on any atom is 0.0175 e. The predicted octanol–water partition coefficient (Wildman–Crippen LogP) is 7.72. The van der Waals surface area contributed by atoms with Crippen molar-refractivity contribution in [2.75, 3.05) is 0 Å². The molecule has 2 aliphatic carbocycles. The maximum atomic E-state index is 3.55. The van der Waals surface area contributed by atoms with Gasteiger partial charge in [-0.2, -0.15) is 0 Å². The summed E-state index contributed by atoms with van der Waals surface area (Å²) in [5.41, 5.74) is 1.56. The van der Waals surface area contributed by atoms with E-state index in [1.807, 2.05) is 0 Å². The van der Waals surface area contributed by atoms with Crippen molar-refractivity contribution in [2.24, 2.45) is 17.8 Å². The normalized spacial score (nSPS) is 31.9. The fourth-order valence-corrected chi connectivity index (χ4v) is 5.36. The van der Waals surface area contributed by atoms with E-state index in [9.17, 15) is 0 Å². The summed E-state index contributed by atoms with van der Waals surface area (Å²) in [7, 11) is 0. The Morgan fingerprint density at radius 1 is 0.826 bits per heavy atom. The van der Waals surface area contributed by atoms with Gasteiger partial charge in [-0.25, -0.2) is 0 Å². The lowest BCUT2D eigenvalue weighted by atomic mass is 9.68. The molecule has 0 amide bonds. The van der Waals surface area contributed by atoms with Crippen molar-refractivity contribution >= 4 is 15.9 Å². The Bertz CT molecular complexity index is 447. The van der Waals surface area contributed by atoms with Gasteiger partial charge in [-0.05, 0) is 79.9 Å². The van der Waals surface area contributed by atoms with Gasteiger partial charge in [0.15, 0.2) is 0 Å². The minimum Gasteiger partial charge on any atom is -0.0654 e. The molecule has 0 saturated heterocycles. The molecule has 0 heterocycles. The Hall–Kier alpha value is -0.300. The molecular weight excluding hydrogens is 344 g/mol. The molecule has 1 heteroatoms. The third-order valence-corrected chi connectivity index (χ3v) is 7.17. The number of hydrogen-bond donors (Lipinski definition) is 0. The predicted molar refractivity (Wildman–Crippen MR) is 104 cm³/mol. The molecule has 0 N–H and O–H groups in total. The standard InChI is InChI=1S/C22H33Br/c1-2-3-4-17-5-7-18(8-6-17)19-9-11-20(12-10-19)21-13-15-22(23)16-14-21/h13-20H,2-12H2,1H3. The van der Waals surface area contributed by atoms with Crippen LogP contribution in [-0.2, 0) is 0 Å². The highest BCUT2D eigenvalue weighted by Crippen LogP contribution is 2.44. The third-order valence-electron chi connectivity index (χ3n) is 6.64. The summed E-state index contributed by atoms with van der Waals surface area (Å²) in [5.74, 6) is 3.97. The lowest BCUT2D eigenvalue weighted by molar-refractivity contribution is 0.156. The van der Waals surface area contributed by atoms with Crippen LogP contribution in [0.1, 0.15) is 89.0 Å².